The van der Waals surface area contributed by atoms with Crippen LogP contribution in [0.3, 0.4) is 0 Å². The minimum atomic E-state index is -0.474. The molecule has 23 heavy (non-hydrogen) atoms. The number of unbranched alkanes of at least 4 members (excludes halogenated alkanes) is 1. The number of hydrogen-bond donors (Lipinski definition) is 1. The van der Waals surface area contributed by atoms with E-state index in [4.69, 9.17) is 4.74 Å². The van der Waals surface area contributed by atoms with E-state index in [-0.39, 0.29) is 5.91 Å². The SMILES string of the molecule is CCCC[C@H](CC)CNC(=O)[C@H](C)Oc1ccccc1C(C)C. The molecule has 0 aliphatic rings. The van der Waals surface area contributed by atoms with Crippen molar-refractivity contribution in [2.75, 3.05) is 6.54 Å². The van der Waals surface area contributed by atoms with E-state index in [0.29, 0.717) is 11.8 Å². The average Bonchev–Trinajstić information content (AvgIpc) is 2.55. The molecule has 0 aromatic heterocycles. The number of hydrogen-bond acceptors (Lipinski definition) is 2. The van der Waals surface area contributed by atoms with E-state index < -0.39 is 6.10 Å². The van der Waals surface area contributed by atoms with E-state index in [9.17, 15) is 4.79 Å². The van der Waals surface area contributed by atoms with Gasteiger partial charge >= 0.3 is 0 Å². The molecule has 1 amide bonds. The molecule has 0 aliphatic carbocycles. The normalized spacial score (nSPS) is 13.7. The average molecular weight is 319 g/mol. The van der Waals surface area contributed by atoms with Gasteiger partial charge in [-0.2, -0.15) is 0 Å². The van der Waals surface area contributed by atoms with Gasteiger partial charge in [0.2, 0.25) is 0 Å². The predicted molar refractivity (Wildman–Crippen MR) is 96.9 cm³/mol. The molecular weight excluding hydrogens is 286 g/mol. The third-order valence-corrected chi connectivity index (χ3v) is 4.32. The van der Waals surface area contributed by atoms with Crippen molar-refractivity contribution in [2.24, 2.45) is 5.92 Å². The maximum Gasteiger partial charge on any atom is 0.260 e. The van der Waals surface area contributed by atoms with Gasteiger partial charge in [0.25, 0.3) is 5.91 Å². The number of amides is 1. The maximum atomic E-state index is 12.3. The number of para-hydroxylation sites is 1. The van der Waals surface area contributed by atoms with Crippen LogP contribution in [-0.2, 0) is 4.79 Å². The molecule has 0 aliphatic heterocycles. The summed E-state index contributed by atoms with van der Waals surface area (Å²) < 4.78 is 5.90. The fourth-order valence-corrected chi connectivity index (χ4v) is 2.64. The Labute approximate surface area is 141 Å². The summed E-state index contributed by atoms with van der Waals surface area (Å²) in [6.45, 7) is 11.2. The van der Waals surface area contributed by atoms with Gasteiger partial charge in [0, 0.05) is 6.54 Å². The van der Waals surface area contributed by atoms with Crippen LogP contribution in [0.5, 0.6) is 5.75 Å². The van der Waals surface area contributed by atoms with Crippen molar-refractivity contribution in [3.8, 4) is 5.75 Å². The van der Waals surface area contributed by atoms with Crippen molar-refractivity contribution in [1.29, 1.82) is 0 Å². The fraction of sp³-hybridized carbons (Fsp3) is 0.650. The lowest BCUT2D eigenvalue weighted by Gasteiger charge is -2.20. The zero-order valence-corrected chi connectivity index (χ0v) is 15.4. The Kier molecular flexibility index (Phi) is 8.75. The summed E-state index contributed by atoms with van der Waals surface area (Å²) in [6.07, 6.45) is 4.24. The zero-order chi connectivity index (χ0) is 17.2. The summed E-state index contributed by atoms with van der Waals surface area (Å²) in [5.74, 6) is 1.72. The maximum absolute atomic E-state index is 12.3. The Hall–Kier alpha value is -1.51. The molecule has 1 N–H and O–H groups in total. The molecule has 0 spiro atoms. The lowest BCUT2D eigenvalue weighted by atomic mass is 9.99. The van der Waals surface area contributed by atoms with Gasteiger partial charge in [-0.15, -0.1) is 0 Å². The fourth-order valence-electron chi connectivity index (χ4n) is 2.64. The molecule has 0 saturated carbocycles. The molecule has 0 bridgehead atoms. The lowest BCUT2D eigenvalue weighted by Crippen LogP contribution is -2.39. The van der Waals surface area contributed by atoms with Crippen LogP contribution < -0.4 is 10.1 Å². The second-order valence-electron chi connectivity index (χ2n) is 6.61. The van der Waals surface area contributed by atoms with Crippen LogP contribution in [-0.4, -0.2) is 18.6 Å². The summed E-state index contributed by atoms with van der Waals surface area (Å²) in [7, 11) is 0. The second kappa shape index (κ2) is 10.3. The van der Waals surface area contributed by atoms with Gasteiger partial charge < -0.3 is 10.1 Å². The minimum absolute atomic E-state index is 0.0292. The molecule has 0 heterocycles. The number of carbonyl (C=O) groups is 1. The van der Waals surface area contributed by atoms with Crippen LogP contribution in [0.4, 0.5) is 0 Å². The highest BCUT2D eigenvalue weighted by atomic mass is 16.5. The summed E-state index contributed by atoms with van der Waals surface area (Å²) in [6, 6.07) is 7.95. The monoisotopic (exact) mass is 319 g/mol. The third-order valence-electron chi connectivity index (χ3n) is 4.32. The molecule has 1 aromatic rings. The number of nitrogens with one attached hydrogen (secondary N) is 1. The van der Waals surface area contributed by atoms with Gasteiger partial charge in [-0.05, 0) is 36.8 Å². The quantitative estimate of drug-likeness (QED) is 0.665. The molecule has 1 aromatic carbocycles. The van der Waals surface area contributed by atoms with Crippen LogP contribution in [0.2, 0.25) is 0 Å². The Morgan fingerprint density at radius 2 is 1.87 bits per heavy atom. The molecular formula is C20H33NO2. The Balaban J connectivity index is 2.54. The second-order valence-corrected chi connectivity index (χ2v) is 6.61. The highest BCUT2D eigenvalue weighted by Crippen LogP contribution is 2.26. The minimum Gasteiger partial charge on any atom is -0.481 e. The molecule has 0 radical (unpaired) electrons. The highest BCUT2D eigenvalue weighted by Gasteiger charge is 2.18. The molecule has 3 heteroatoms. The largest absolute Gasteiger partial charge is 0.481 e. The van der Waals surface area contributed by atoms with Gasteiger partial charge in [-0.1, -0.05) is 65.2 Å². The van der Waals surface area contributed by atoms with E-state index in [1.807, 2.05) is 25.1 Å². The van der Waals surface area contributed by atoms with Crippen LogP contribution in [0, 0.1) is 5.92 Å². The molecule has 1 rings (SSSR count). The van der Waals surface area contributed by atoms with Crippen molar-refractivity contribution in [3.63, 3.8) is 0 Å². The molecule has 0 saturated heterocycles. The number of carbonyl (C=O) groups excluding carboxylic acids is 1. The van der Waals surface area contributed by atoms with Crippen LogP contribution in [0.25, 0.3) is 0 Å². The van der Waals surface area contributed by atoms with Crippen LogP contribution in [0.15, 0.2) is 24.3 Å². The molecule has 0 fully saturated rings. The van der Waals surface area contributed by atoms with Gasteiger partial charge in [-0.3, -0.25) is 4.79 Å². The molecule has 3 nitrogen and oxygen atoms in total. The van der Waals surface area contributed by atoms with Gasteiger partial charge in [0.05, 0.1) is 0 Å². The first-order valence-corrected chi connectivity index (χ1v) is 9.02. The van der Waals surface area contributed by atoms with E-state index in [1.165, 1.54) is 19.3 Å². The molecule has 0 unspecified atom stereocenters. The molecule has 130 valence electrons. The van der Waals surface area contributed by atoms with Crippen LogP contribution >= 0.6 is 0 Å². The Morgan fingerprint density at radius 3 is 2.48 bits per heavy atom. The van der Waals surface area contributed by atoms with Crippen molar-refractivity contribution in [3.05, 3.63) is 29.8 Å². The standard InChI is InChI=1S/C20H33NO2/c1-6-8-11-17(7-2)14-21-20(22)16(5)23-19-13-10-9-12-18(19)15(3)4/h9-10,12-13,15-17H,6-8,11,14H2,1-5H3,(H,21,22)/t16-,17-/m0/s1. The molecule has 2 atom stereocenters. The Bertz CT molecular complexity index is 470. The first-order chi connectivity index (χ1) is 11.0. The summed E-state index contributed by atoms with van der Waals surface area (Å²) in [4.78, 5) is 12.3. The lowest BCUT2D eigenvalue weighted by molar-refractivity contribution is -0.127. The Morgan fingerprint density at radius 1 is 1.17 bits per heavy atom. The van der Waals surface area contributed by atoms with Crippen molar-refractivity contribution >= 4 is 5.91 Å². The smallest absolute Gasteiger partial charge is 0.260 e. The van der Waals surface area contributed by atoms with E-state index in [0.717, 1.165) is 24.3 Å². The van der Waals surface area contributed by atoms with Gasteiger partial charge in [-0.25, -0.2) is 0 Å². The summed E-state index contributed by atoms with van der Waals surface area (Å²) in [5, 5.41) is 3.05. The van der Waals surface area contributed by atoms with Crippen molar-refractivity contribution in [2.45, 2.75) is 72.3 Å². The highest BCUT2D eigenvalue weighted by molar-refractivity contribution is 5.80. The van der Waals surface area contributed by atoms with Gasteiger partial charge in [0.1, 0.15) is 5.75 Å². The first kappa shape index (κ1) is 19.5. The number of benzene rings is 1. The number of rotatable bonds is 10. The van der Waals surface area contributed by atoms with E-state index in [2.05, 4.69) is 39.1 Å². The van der Waals surface area contributed by atoms with Gasteiger partial charge in [0.15, 0.2) is 6.10 Å². The third kappa shape index (κ3) is 6.64. The topological polar surface area (TPSA) is 38.3 Å². The number of ether oxygens (including phenoxy) is 1. The van der Waals surface area contributed by atoms with E-state index in [1.54, 1.807) is 0 Å². The zero-order valence-electron chi connectivity index (χ0n) is 15.4. The predicted octanol–water partition coefficient (Wildman–Crippen LogP) is 4.91. The van der Waals surface area contributed by atoms with E-state index >= 15 is 0 Å². The summed E-state index contributed by atoms with van der Waals surface area (Å²) in [5.41, 5.74) is 1.14. The van der Waals surface area contributed by atoms with Crippen molar-refractivity contribution < 1.29 is 9.53 Å². The van der Waals surface area contributed by atoms with Crippen molar-refractivity contribution in [1.82, 2.24) is 5.32 Å². The summed E-state index contributed by atoms with van der Waals surface area (Å²) >= 11 is 0. The van der Waals surface area contributed by atoms with Crippen LogP contribution in [0.1, 0.15) is 71.8 Å². The first-order valence-electron chi connectivity index (χ1n) is 9.02.